The van der Waals surface area contributed by atoms with Crippen LogP contribution in [-0.2, 0) is 4.79 Å². The van der Waals surface area contributed by atoms with E-state index in [-0.39, 0.29) is 23.6 Å². The summed E-state index contributed by atoms with van der Waals surface area (Å²) in [5.41, 5.74) is 1.02. The Bertz CT molecular complexity index is 1280. The van der Waals surface area contributed by atoms with Crippen molar-refractivity contribution < 1.29 is 23.6 Å². The van der Waals surface area contributed by atoms with Gasteiger partial charge in [0.1, 0.15) is 11.5 Å². The van der Waals surface area contributed by atoms with E-state index in [2.05, 4.69) is 0 Å². The minimum absolute atomic E-state index is 0.0388. The van der Waals surface area contributed by atoms with Crippen LogP contribution in [0, 0.1) is 15.5 Å². The Morgan fingerprint density at radius 2 is 1.94 bits per heavy atom. The molecule has 0 spiro atoms. The van der Waals surface area contributed by atoms with E-state index < -0.39 is 4.92 Å². The molecule has 0 saturated carbocycles. The fraction of sp³-hybridized carbons (Fsp3) is 0.0476. The lowest BCUT2D eigenvalue weighted by atomic mass is 10.1. The average Bonchev–Trinajstić information content (AvgIpc) is 3.48. The van der Waals surface area contributed by atoms with E-state index in [0.717, 1.165) is 11.8 Å². The summed E-state index contributed by atoms with van der Waals surface area (Å²) in [6, 6.07) is 14.5. The lowest BCUT2D eigenvalue weighted by Gasteiger charge is -2.14. The van der Waals surface area contributed by atoms with Gasteiger partial charge in [-0.1, -0.05) is 12.1 Å². The number of amides is 1. The SMILES string of the molecule is N=C1SC(=Cc2ccc(-c3cccc([N+](=O)[O-])c3)o2)C(=O)N1c1ccc2c(c1)OCO2. The van der Waals surface area contributed by atoms with Crippen LogP contribution in [0.5, 0.6) is 11.5 Å². The maximum absolute atomic E-state index is 12.9. The Morgan fingerprint density at radius 3 is 2.77 bits per heavy atom. The predicted molar refractivity (Wildman–Crippen MR) is 114 cm³/mol. The first-order valence-electron chi connectivity index (χ1n) is 9.06. The van der Waals surface area contributed by atoms with Gasteiger partial charge < -0.3 is 13.9 Å². The molecule has 1 aromatic heterocycles. The van der Waals surface area contributed by atoms with Gasteiger partial charge in [0.25, 0.3) is 11.6 Å². The van der Waals surface area contributed by atoms with E-state index >= 15 is 0 Å². The van der Waals surface area contributed by atoms with E-state index in [1.54, 1.807) is 48.5 Å². The number of anilines is 1. The number of benzene rings is 2. The number of furan rings is 1. The van der Waals surface area contributed by atoms with Gasteiger partial charge >= 0.3 is 0 Å². The fourth-order valence-corrected chi connectivity index (χ4v) is 4.07. The highest BCUT2D eigenvalue weighted by molar-refractivity contribution is 8.19. The Balaban J connectivity index is 1.41. The number of thioether (sulfide) groups is 1. The minimum atomic E-state index is -0.473. The molecule has 2 aromatic carbocycles. The van der Waals surface area contributed by atoms with Gasteiger partial charge in [-0.25, -0.2) is 0 Å². The first-order valence-corrected chi connectivity index (χ1v) is 9.88. The van der Waals surface area contributed by atoms with Gasteiger partial charge in [0, 0.05) is 29.8 Å². The largest absolute Gasteiger partial charge is 0.457 e. The van der Waals surface area contributed by atoms with Crippen molar-refractivity contribution in [1.82, 2.24) is 0 Å². The average molecular weight is 435 g/mol. The number of carbonyl (C=O) groups is 1. The summed E-state index contributed by atoms with van der Waals surface area (Å²) < 4.78 is 16.4. The molecule has 1 saturated heterocycles. The van der Waals surface area contributed by atoms with Crippen molar-refractivity contribution in [3.05, 3.63) is 75.4 Å². The van der Waals surface area contributed by atoms with Gasteiger partial charge in [0.05, 0.1) is 15.5 Å². The van der Waals surface area contributed by atoms with Crippen molar-refractivity contribution in [3.63, 3.8) is 0 Å². The third-order valence-electron chi connectivity index (χ3n) is 4.68. The zero-order chi connectivity index (χ0) is 21.5. The maximum atomic E-state index is 12.9. The van der Waals surface area contributed by atoms with Crippen LogP contribution in [0.4, 0.5) is 11.4 Å². The number of hydrogen-bond donors (Lipinski definition) is 1. The topological polar surface area (TPSA) is 119 Å². The molecule has 1 fully saturated rings. The quantitative estimate of drug-likeness (QED) is 0.360. The van der Waals surface area contributed by atoms with Gasteiger partial charge in [-0.3, -0.25) is 25.2 Å². The number of amidine groups is 1. The summed E-state index contributed by atoms with van der Waals surface area (Å²) >= 11 is 1.02. The molecule has 0 unspecified atom stereocenters. The summed E-state index contributed by atoms with van der Waals surface area (Å²) in [6.45, 7) is 0.121. The normalized spacial score (nSPS) is 16.4. The minimum Gasteiger partial charge on any atom is -0.457 e. The van der Waals surface area contributed by atoms with E-state index in [0.29, 0.717) is 39.2 Å². The standard InChI is InChI=1S/C21H13N3O6S/c22-21-23(13-4-6-17-18(9-13)29-11-28-17)20(25)19(31-21)10-15-5-7-16(30-15)12-2-1-3-14(8-12)24(26)27/h1-10,22H,11H2. The van der Waals surface area contributed by atoms with Gasteiger partial charge in [0.2, 0.25) is 6.79 Å². The zero-order valence-corrected chi connectivity index (χ0v) is 16.5. The van der Waals surface area contributed by atoms with Crippen LogP contribution in [0.15, 0.2) is 63.9 Å². The molecule has 2 aliphatic rings. The Morgan fingerprint density at radius 1 is 1.10 bits per heavy atom. The Labute approximate surface area is 179 Å². The first-order chi connectivity index (χ1) is 15.0. The molecule has 5 rings (SSSR count). The van der Waals surface area contributed by atoms with Gasteiger partial charge in [-0.05, 0) is 36.0 Å². The summed E-state index contributed by atoms with van der Waals surface area (Å²) in [5.74, 6) is 1.59. The molecule has 0 radical (unpaired) electrons. The third kappa shape index (κ3) is 3.42. The van der Waals surface area contributed by atoms with Crippen LogP contribution in [-0.4, -0.2) is 22.8 Å². The zero-order valence-electron chi connectivity index (χ0n) is 15.7. The van der Waals surface area contributed by atoms with E-state index in [9.17, 15) is 14.9 Å². The number of nitro benzene ring substituents is 1. The summed E-state index contributed by atoms with van der Waals surface area (Å²) in [4.78, 5) is 25.0. The van der Waals surface area contributed by atoms with Crippen molar-refractivity contribution in [2.24, 2.45) is 0 Å². The monoisotopic (exact) mass is 435 g/mol. The number of rotatable bonds is 4. The second-order valence-electron chi connectivity index (χ2n) is 6.60. The molecule has 3 heterocycles. The number of fused-ring (bicyclic) bond motifs is 1. The molecule has 154 valence electrons. The van der Waals surface area contributed by atoms with Gasteiger partial charge in [-0.2, -0.15) is 0 Å². The Hall–Kier alpha value is -4.05. The molecule has 1 amide bonds. The van der Waals surface area contributed by atoms with Crippen LogP contribution in [0.2, 0.25) is 0 Å². The molecule has 1 N–H and O–H groups in total. The fourth-order valence-electron chi connectivity index (χ4n) is 3.23. The number of nitrogens with one attached hydrogen (secondary N) is 1. The molecule has 0 bridgehead atoms. The summed E-state index contributed by atoms with van der Waals surface area (Å²) in [7, 11) is 0. The molecule has 0 atom stereocenters. The van der Waals surface area contributed by atoms with Crippen molar-refractivity contribution in [3.8, 4) is 22.8 Å². The van der Waals surface area contributed by atoms with Crippen molar-refractivity contribution in [2.75, 3.05) is 11.7 Å². The number of nitrogens with zero attached hydrogens (tertiary/aromatic N) is 2. The highest BCUT2D eigenvalue weighted by Gasteiger charge is 2.34. The van der Waals surface area contributed by atoms with Crippen LogP contribution in [0.3, 0.4) is 0 Å². The molecule has 3 aromatic rings. The highest BCUT2D eigenvalue weighted by Crippen LogP contribution is 2.40. The van der Waals surface area contributed by atoms with E-state index in [4.69, 9.17) is 19.3 Å². The molecule has 0 aliphatic carbocycles. The lowest BCUT2D eigenvalue weighted by Crippen LogP contribution is -2.28. The van der Waals surface area contributed by atoms with E-state index in [1.165, 1.54) is 17.0 Å². The molecule has 2 aliphatic heterocycles. The third-order valence-corrected chi connectivity index (χ3v) is 5.57. The summed E-state index contributed by atoms with van der Waals surface area (Å²) in [6.07, 6.45) is 1.55. The summed E-state index contributed by atoms with van der Waals surface area (Å²) in [5, 5.41) is 19.3. The molecule has 10 heteroatoms. The van der Waals surface area contributed by atoms with Crippen LogP contribution >= 0.6 is 11.8 Å². The van der Waals surface area contributed by atoms with Crippen LogP contribution in [0.1, 0.15) is 5.76 Å². The number of hydrogen-bond acceptors (Lipinski definition) is 8. The van der Waals surface area contributed by atoms with Crippen LogP contribution < -0.4 is 14.4 Å². The predicted octanol–water partition coefficient (Wildman–Crippen LogP) is 4.64. The van der Waals surface area contributed by atoms with E-state index in [1.807, 2.05) is 0 Å². The molecular formula is C21H13N3O6S. The van der Waals surface area contributed by atoms with Gasteiger partial charge in [0.15, 0.2) is 16.7 Å². The van der Waals surface area contributed by atoms with Crippen molar-refractivity contribution in [2.45, 2.75) is 0 Å². The molecular weight excluding hydrogens is 422 g/mol. The second-order valence-corrected chi connectivity index (χ2v) is 7.63. The molecule has 31 heavy (non-hydrogen) atoms. The lowest BCUT2D eigenvalue weighted by molar-refractivity contribution is -0.384. The van der Waals surface area contributed by atoms with Crippen molar-refractivity contribution in [1.29, 1.82) is 5.41 Å². The smallest absolute Gasteiger partial charge is 0.271 e. The highest BCUT2D eigenvalue weighted by atomic mass is 32.2. The Kier molecular flexibility index (Phi) is 4.48. The number of non-ortho nitro benzene ring substituents is 1. The maximum Gasteiger partial charge on any atom is 0.271 e. The second kappa shape index (κ2) is 7.33. The number of ether oxygens (including phenoxy) is 2. The molecule has 9 nitrogen and oxygen atoms in total. The van der Waals surface area contributed by atoms with Gasteiger partial charge in [-0.15, -0.1) is 0 Å². The van der Waals surface area contributed by atoms with Crippen molar-refractivity contribution >= 4 is 40.3 Å². The number of nitro groups is 1. The first kappa shape index (κ1) is 18.9. The number of carbonyl (C=O) groups excluding carboxylic acids is 1. The van der Waals surface area contributed by atoms with Crippen LogP contribution in [0.25, 0.3) is 17.4 Å².